The lowest BCUT2D eigenvalue weighted by molar-refractivity contribution is 0.0775. The summed E-state index contributed by atoms with van der Waals surface area (Å²) >= 11 is 0. The molecule has 2 heterocycles. The summed E-state index contributed by atoms with van der Waals surface area (Å²) in [4.78, 5) is 41.1. The van der Waals surface area contributed by atoms with Crippen molar-refractivity contribution in [1.29, 1.82) is 0 Å². The molecule has 0 unspecified atom stereocenters. The minimum atomic E-state index is -0.419. The summed E-state index contributed by atoms with van der Waals surface area (Å²) in [7, 11) is 1.66. The number of amides is 3. The van der Waals surface area contributed by atoms with Crippen LogP contribution >= 0.6 is 0 Å². The Labute approximate surface area is 162 Å². The van der Waals surface area contributed by atoms with Gasteiger partial charge in [-0.2, -0.15) is 0 Å². The molecule has 1 aliphatic heterocycles. The SMILES string of the molecule is Cc1ccccc1N1C(=O)c2ccc(C(=O)N(C)Cc3ccco3)cc2C1=O. The first-order chi connectivity index (χ1) is 13.5. The van der Waals surface area contributed by atoms with Crippen LogP contribution in [0.2, 0.25) is 0 Å². The molecule has 0 bridgehead atoms. The molecule has 0 saturated heterocycles. The van der Waals surface area contributed by atoms with Crippen molar-refractivity contribution in [3.8, 4) is 0 Å². The summed E-state index contributed by atoms with van der Waals surface area (Å²) in [5.41, 5.74) is 2.27. The third-order valence-electron chi connectivity index (χ3n) is 4.81. The number of anilines is 1. The molecule has 0 radical (unpaired) electrons. The van der Waals surface area contributed by atoms with Gasteiger partial charge in [0.2, 0.25) is 0 Å². The van der Waals surface area contributed by atoms with E-state index in [1.807, 2.05) is 19.1 Å². The average molecular weight is 374 g/mol. The summed E-state index contributed by atoms with van der Waals surface area (Å²) in [6.07, 6.45) is 1.55. The Balaban J connectivity index is 1.64. The molecule has 6 heteroatoms. The fourth-order valence-electron chi connectivity index (χ4n) is 3.34. The monoisotopic (exact) mass is 374 g/mol. The maximum absolute atomic E-state index is 12.9. The molecular formula is C22H18N2O4. The van der Waals surface area contributed by atoms with Crippen LogP contribution in [0.5, 0.6) is 0 Å². The Morgan fingerprint density at radius 3 is 2.46 bits per heavy atom. The van der Waals surface area contributed by atoms with Crippen LogP contribution in [0.3, 0.4) is 0 Å². The van der Waals surface area contributed by atoms with E-state index in [0.29, 0.717) is 29.1 Å². The number of imide groups is 1. The predicted molar refractivity (Wildman–Crippen MR) is 103 cm³/mol. The highest BCUT2D eigenvalue weighted by Crippen LogP contribution is 2.31. The van der Waals surface area contributed by atoms with Gasteiger partial charge < -0.3 is 9.32 Å². The number of nitrogens with zero attached hydrogens (tertiary/aromatic N) is 2. The standard InChI is InChI=1S/C22H18N2O4/c1-14-6-3-4-8-19(14)24-21(26)17-10-9-15(12-18(17)22(24)27)20(25)23(2)13-16-7-5-11-28-16/h3-12H,13H2,1-2H3. The summed E-state index contributed by atoms with van der Waals surface area (Å²) in [6, 6.07) is 15.4. The Morgan fingerprint density at radius 1 is 1.00 bits per heavy atom. The average Bonchev–Trinajstić information content (AvgIpc) is 3.29. The van der Waals surface area contributed by atoms with Crippen molar-refractivity contribution in [2.45, 2.75) is 13.5 Å². The van der Waals surface area contributed by atoms with E-state index >= 15 is 0 Å². The maximum Gasteiger partial charge on any atom is 0.266 e. The molecule has 4 rings (SSSR count). The molecule has 0 atom stereocenters. The normalized spacial score (nSPS) is 13.0. The highest BCUT2D eigenvalue weighted by atomic mass is 16.3. The molecule has 0 spiro atoms. The first kappa shape index (κ1) is 17.7. The van der Waals surface area contributed by atoms with Crippen LogP contribution in [0, 0.1) is 6.92 Å². The fraction of sp³-hybridized carbons (Fsp3) is 0.136. The van der Waals surface area contributed by atoms with E-state index in [-0.39, 0.29) is 17.4 Å². The number of carbonyl (C=O) groups is 3. The zero-order chi connectivity index (χ0) is 19.8. The highest BCUT2D eigenvalue weighted by molar-refractivity contribution is 6.35. The van der Waals surface area contributed by atoms with Crippen molar-refractivity contribution in [2.75, 3.05) is 11.9 Å². The van der Waals surface area contributed by atoms with Crippen molar-refractivity contribution >= 4 is 23.4 Å². The summed E-state index contributed by atoms with van der Waals surface area (Å²) in [6.45, 7) is 2.16. The lowest BCUT2D eigenvalue weighted by Crippen LogP contribution is -2.30. The largest absolute Gasteiger partial charge is 0.467 e. The molecule has 3 amide bonds. The number of carbonyl (C=O) groups excluding carboxylic acids is 3. The lowest BCUT2D eigenvalue weighted by Gasteiger charge is -2.16. The van der Waals surface area contributed by atoms with Gasteiger partial charge in [-0.15, -0.1) is 0 Å². The van der Waals surface area contributed by atoms with Gasteiger partial charge in [0.1, 0.15) is 5.76 Å². The number of benzene rings is 2. The molecule has 140 valence electrons. The van der Waals surface area contributed by atoms with Crippen LogP contribution in [0.25, 0.3) is 0 Å². The number of furan rings is 1. The van der Waals surface area contributed by atoms with E-state index in [0.717, 1.165) is 5.56 Å². The van der Waals surface area contributed by atoms with Gasteiger partial charge in [-0.05, 0) is 48.9 Å². The smallest absolute Gasteiger partial charge is 0.266 e. The highest BCUT2D eigenvalue weighted by Gasteiger charge is 2.37. The third kappa shape index (κ3) is 2.89. The van der Waals surface area contributed by atoms with E-state index in [1.165, 1.54) is 15.9 Å². The van der Waals surface area contributed by atoms with E-state index in [9.17, 15) is 14.4 Å². The lowest BCUT2D eigenvalue weighted by atomic mass is 10.0. The van der Waals surface area contributed by atoms with Crippen LogP contribution in [0.1, 0.15) is 42.4 Å². The first-order valence-electron chi connectivity index (χ1n) is 8.83. The molecule has 28 heavy (non-hydrogen) atoms. The van der Waals surface area contributed by atoms with E-state index in [2.05, 4.69) is 0 Å². The van der Waals surface area contributed by atoms with Gasteiger partial charge in [0.05, 0.1) is 29.6 Å². The van der Waals surface area contributed by atoms with Gasteiger partial charge >= 0.3 is 0 Å². The zero-order valence-electron chi connectivity index (χ0n) is 15.5. The third-order valence-corrected chi connectivity index (χ3v) is 4.81. The molecular weight excluding hydrogens is 356 g/mol. The van der Waals surface area contributed by atoms with Crippen LogP contribution < -0.4 is 4.90 Å². The maximum atomic E-state index is 12.9. The van der Waals surface area contributed by atoms with Crippen molar-refractivity contribution in [3.63, 3.8) is 0 Å². The fourth-order valence-corrected chi connectivity index (χ4v) is 3.34. The van der Waals surface area contributed by atoms with Gasteiger partial charge in [-0.3, -0.25) is 14.4 Å². The number of fused-ring (bicyclic) bond motifs is 1. The van der Waals surface area contributed by atoms with E-state index in [4.69, 9.17) is 4.42 Å². The zero-order valence-corrected chi connectivity index (χ0v) is 15.5. The Hall–Kier alpha value is -3.67. The van der Waals surface area contributed by atoms with Gasteiger partial charge in [0.15, 0.2) is 0 Å². The van der Waals surface area contributed by atoms with Gasteiger partial charge in [0.25, 0.3) is 17.7 Å². The van der Waals surface area contributed by atoms with Gasteiger partial charge in [0, 0.05) is 12.6 Å². The van der Waals surface area contributed by atoms with Gasteiger partial charge in [-0.25, -0.2) is 4.90 Å². The van der Waals surface area contributed by atoms with Crippen LogP contribution in [0.4, 0.5) is 5.69 Å². The number of hydrogen-bond donors (Lipinski definition) is 0. The second kappa shape index (κ2) is 6.81. The summed E-state index contributed by atoms with van der Waals surface area (Å²) in [5, 5.41) is 0. The molecule has 0 saturated carbocycles. The molecule has 1 aromatic heterocycles. The Bertz CT molecular complexity index is 1090. The summed E-state index contributed by atoms with van der Waals surface area (Å²) in [5.74, 6) is -0.391. The van der Waals surface area contributed by atoms with E-state index in [1.54, 1.807) is 49.7 Å². The molecule has 0 fully saturated rings. The molecule has 6 nitrogen and oxygen atoms in total. The minimum Gasteiger partial charge on any atom is -0.467 e. The van der Waals surface area contributed by atoms with Crippen molar-refractivity contribution in [2.24, 2.45) is 0 Å². The molecule has 2 aromatic carbocycles. The number of para-hydroxylation sites is 1. The van der Waals surface area contributed by atoms with E-state index < -0.39 is 5.91 Å². The predicted octanol–water partition coefficient (Wildman–Crippen LogP) is 3.66. The van der Waals surface area contributed by atoms with Gasteiger partial charge in [-0.1, -0.05) is 18.2 Å². The first-order valence-corrected chi connectivity index (χ1v) is 8.83. The second-order valence-corrected chi connectivity index (χ2v) is 6.73. The minimum absolute atomic E-state index is 0.241. The molecule has 0 aliphatic carbocycles. The van der Waals surface area contributed by atoms with Crippen LogP contribution in [-0.4, -0.2) is 29.7 Å². The summed E-state index contributed by atoms with van der Waals surface area (Å²) < 4.78 is 5.27. The molecule has 0 N–H and O–H groups in total. The van der Waals surface area contributed by atoms with Crippen molar-refractivity contribution < 1.29 is 18.8 Å². The van der Waals surface area contributed by atoms with Crippen molar-refractivity contribution in [1.82, 2.24) is 4.90 Å². The number of rotatable bonds is 4. The number of aryl methyl sites for hydroxylation is 1. The van der Waals surface area contributed by atoms with Crippen LogP contribution in [0.15, 0.2) is 65.3 Å². The molecule has 1 aliphatic rings. The molecule has 3 aromatic rings. The second-order valence-electron chi connectivity index (χ2n) is 6.73. The Morgan fingerprint density at radius 2 is 1.75 bits per heavy atom. The van der Waals surface area contributed by atoms with Crippen LogP contribution in [-0.2, 0) is 6.54 Å². The number of hydrogen-bond acceptors (Lipinski definition) is 4. The quantitative estimate of drug-likeness (QED) is 0.654. The Kier molecular flexibility index (Phi) is 4.31. The van der Waals surface area contributed by atoms with Crippen molar-refractivity contribution in [3.05, 3.63) is 88.9 Å². The topological polar surface area (TPSA) is 70.8 Å².